The summed E-state index contributed by atoms with van der Waals surface area (Å²) in [7, 11) is -0.908. The first-order valence-electron chi connectivity index (χ1n) is 6.81. The third kappa shape index (κ3) is 2.09. The summed E-state index contributed by atoms with van der Waals surface area (Å²) in [4.78, 5) is 11.6. The molecule has 0 aliphatic carbocycles. The Kier molecular flexibility index (Phi) is 3.44. The first-order chi connectivity index (χ1) is 10.5. The molecular formula is C15H16N2O4S. The number of carbonyl (C=O) groups is 1. The van der Waals surface area contributed by atoms with E-state index in [9.17, 15) is 13.2 Å². The van der Waals surface area contributed by atoms with E-state index in [-0.39, 0.29) is 10.7 Å². The average Bonchev–Trinajstić information content (AvgIpc) is 3.10. The van der Waals surface area contributed by atoms with E-state index in [0.717, 1.165) is 5.56 Å². The topological polar surface area (TPSA) is 68.6 Å². The van der Waals surface area contributed by atoms with E-state index in [1.807, 2.05) is 18.2 Å². The largest absolute Gasteiger partial charge is 0.464 e. The molecule has 0 atom stereocenters. The maximum absolute atomic E-state index is 12.9. The molecule has 0 radical (unpaired) electrons. The van der Waals surface area contributed by atoms with Crippen LogP contribution in [0.3, 0.4) is 0 Å². The number of sulfonamides is 1. The summed E-state index contributed by atoms with van der Waals surface area (Å²) in [5, 5.41) is 0.0737. The number of methoxy groups -OCH3 is 1. The van der Waals surface area contributed by atoms with E-state index in [0.29, 0.717) is 18.7 Å². The minimum absolute atomic E-state index is 0.0737. The van der Waals surface area contributed by atoms with Gasteiger partial charge in [-0.15, -0.1) is 0 Å². The zero-order chi connectivity index (χ0) is 15.9. The number of rotatable bonds is 3. The SMILES string of the molecule is COC(=O)c1ccc(S(=O)(=O)N2CCc3ccccc32)n1C. The maximum Gasteiger partial charge on any atom is 0.354 e. The lowest BCUT2D eigenvalue weighted by atomic mass is 10.2. The van der Waals surface area contributed by atoms with Gasteiger partial charge in [0.25, 0.3) is 10.0 Å². The van der Waals surface area contributed by atoms with Gasteiger partial charge in [-0.2, -0.15) is 8.42 Å². The minimum Gasteiger partial charge on any atom is -0.464 e. The van der Waals surface area contributed by atoms with Crippen molar-refractivity contribution in [2.75, 3.05) is 18.0 Å². The molecule has 3 rings (SSSR count). The van der Waals surface area contributed by atoms with Crippen LogP contribution in [0, 0.1) is 0 Å². The van der Waals surface area contributed by atoms with Crippen LogP contribution in [0.2, 0.25) is 0 Å². The molecule has 0 spiro atoms. The van der Waals surface area contributed by atoms with Crippen molar-refractivity contribution < 1.29 is 17.9 Å². The molecule has 0 N–H and O–H groups in total. The van der Waals surface area contributed by atoms with E-state index in [1.165, 1.54) is 28.1 Å². The summed E-state index contributed by atoms with van der Waals surface area (Å²) >= 11 is 0. The molecule has 1 aromatic heterocycles. The summed E-state index contributed by atoms with van der Waals surface area (Å²) in [5.74, 6) is -0.564. The second-order valence-corrected chi connectivity index (χ2v) is 6.87. The number of ether oxygens (including phenoxy) is 1. The van der Waals surface area contributed by atoms with Gasteiger partial charge in [0.1, 0.15) is 5.69 Å². The van der Waals surface area contributed by atoms with Crippen LogP contribution in [0.4, 0.5) is 5.69 Å². The molecule has 1 aromatic carbocycles. The first-order valence-corrected chi connectivity index (χ1v) is 8.25. The monoisotopic (exact) mass is 320 g/mol. The molecule has 1 aliphatic rings. The van der Waals surface area contributed by atoms with Gasteiger partial charge >= 0.3 is 5.97 Å². The molecule has 22 heavy (non-hydrogen) atoms. The number of fused-ring (bicyclic) bond motifs is 1. The highest BCUT2D eigenvalue weighted by atomic mass is 32.2. The number of benzene rings is 1. The van der Waals surface area contributed by atoms with Crippen molar-refractivity contribution in [1.29, 1.82) is 0 Å². The molecule has 2 aromatic rings. The smallest absolute Gasteiger partial charge is 0.354 e. The van der Waals surface area contributed by atoms with Gasteiger partial charge < -0.3 is 9.30 Å². The molecule has 0 saturated heterocycles. The number of para-hydroxylation sites is 1. The summed E-state index contributed by atoms with van der Waals surface area (Å²) < 4.78 is 33.2. The van der Waals surface area contributed by atoms with Crippen LogP contribution >= 0.6 is 0 Å². The summed E-state index contributed by atoms with van der Waals surface area (Å²) in [6.45, 7) is 0.403. The Labute approximate surface area is 129 Å². The molecule has 6 nitrogen and oxygen atoms in total. The average molecular weight is 320 g/mol. The fourth-order valence-electron chi connectivity index (χ4n) is 2.73. The van der Waals surface area contributed by atoms with Gasteiger partial charge in [-0.1, -0.05) is 18.2 Å². The van der Waals surface area contributed by atoms with Crippen LogP contribution in [0.15, 0.2) is 41.4 Å². The van der Waals surface area contributed by atoms with E-state index >= 15 is 0 Å². The molecule has 0 amide bonds. The lowest BCUT2D eigenvalue weighted by molar-refractivity contribution is 0.0589. The van der Waals surface area contributed by atoms with Gasteiger partial charge in [0.05, 0.1) is 12.8 Å². The highest BCUT2D eigenvalue weighted by molar-refractivity contribution is 7.92. The number of esters is 1. The Morgan fingerprint density at radius 1 is 1.18 bits per heavy atom. The maximum atomic E-state index is 12.9. The van der Waals surface area contributed by atoms with Crippen LogP contribution < -0.4 is 4.31 Å². The van der Waals surface area contributed by atoms with Gasteiger partial charge in [0.2, 0.25) is 0 Å². The van der Waals surface area contributed by atoms with Crippen molar-refractivity contribution in [3.05, 3.63) is 47.7 Å². The second-order valence-electron chi connectivity index (χ2n) is 5.06. The Bertz CT molecular complexity index is 839. The molecule has 0 fully saturated rings. The Morgan fingerprint density at radius 3 is 2.64 bits per heavy atom. The number of anilines is 1. The van der Waals surface area contributed by atoms with Crippen molar-refractivity contribution >= 4 is 21.7 Å². The van der Waals surface area contributed by atoms with Crippen molar-refractivity contribution in [1.82, 2.24) is 4.57 Å². The van der Waals surface area contributed by atoms with Gasteiger partial charge in [-0.05, 0) is 30.2 Å². The van der Waals surface area contributed by atoms with E-state index in [2.05, 4.69) is 4.74 Å². The molecule has 2 heterocycles. The molecule has 7 heteroatoms. The number of hydrogen-bond donors (Lipinski definition) is 0. The Balaban J connectivity index is 2.06. The molecule has 1 aliphatic heterocycles. The lowest BCUT2D eigenvalue weighted by Crippen LogP contribution is -2.30. The van der Waals surface area contributed by atoms with E-state index < -0.39 is 16.0 Å². The van der Waals surface area contributed by atoms with Crippen LogP contribution in [0.25, 0.3) is 0 Å². The fraction of sp³-hybridized carbons (Fsp3) is 0.267. The summed E-state index contributed by atoms with van der Waals surface area (Å²) in [6, 6.07) is 10.3. The van der Waals surface area contributed by atoms with Gasteiger partial charge in [0, 0.05) is 13.6 Å². The molecule has 0 saturated carbocycles. The van der Waals surface area contributed by atoms with E-state index in [4.69, 9.17) is 0 Å². The van der Waals surface area contributed by atoms with Crippen molar-refractivity contribution in [3.8, 4) is 0 Å². The van der Waals surface area contributed by atoms with E-state index in [1.54, 1.807) is 13.1 Å². The fourth-order valence-corrected chi connectivity index (χ4v) is 4.41. The van der Waals surface area contributed by atoms with Crippen LogP contribution in [-0.2, 0) is 28.2 Å². The molecule has 116 valence electrons. The second kappa shape index (κ2) is 5.17. The molecule has 0 bridgehead atoms. The zero-order valence-electron chi connectivity index (χ0n) is 12.3. The number of nitrogens with zero attached hydrogens (tertiary/aromatic N) is 2. The minimum atomic E-state index is -3.72. The molecular weight excluding hydrogens is 304 g/mol. The summed E-state index contributed by atoms with van der Waals surface area (Å²) in [5.41, 5.74) is 1.91. The van der Waals surface area contributed by atoms with Crippen molar-refractivity contribution in [2.24, 2.45) is 7.05 Å². The van der Waals surface area contributed by atoms with Gasteiger partial charge in [-0.25, -0.2) is 4.79 Å². The van der Waals surface area contributed by atoms with Gasteiger partial charge in [-0.3, -0.25) is 4.31 Å². The highest BCUT2D eigenvalue weighted by Crippen LogP contribution is 2.32. The lowest BCUT2D eigenvalue weighted by Gasteiger charge is -2.20. The van der Waals surface area contributed by atoms with Crippen molar-refractivity contribution in [2.45, 2.75) is 11.4 Å². The predicted octanol–water partition coefficient (Wildman–Crippen LogP) is 1.56. The van der Waals surface area contributed by atoms with Gasteiger partial charge in [0.15, 0.2) is 5.03 Å². The number of hydrogen-bond acceptors (Lipinski definition) is 4. The third-order valence-electron chi connectivity index (χ3n) is 3.87. The Hall–Kier alpha value is -2.28. The van der Waals surface area contributed by atoms with Crippen LogP contribution in [-0.4, -0.2) is 32.6 Å². The van der Waals surface area contributed by atoms with Crippen molar-refractivity contribution in [3.63, 3.8) is 0 Å². The zero-order valence-corrected chi connectivity index (χ0v) is 13.1. The summed E-state index contributed by atoms with van der Waals surface area (Å²) in [6.07, 6.45) is 0.684. The standard InChI is InChI=1S/C15H16N2O4S/c1-16-13(15(18)21-2)7-8-14(16)22(19,20)17-10-9-11-5-3-4-6-12(11)17/h3-8H,9-10H2,1-2H3. The van der Waals surface area contributed by atoms with Crippen LogP contribution in [0.1, 0.15) is 16.1 Å². The molecule has 0 unspecified atom stereocenters. The first kappa shape index (κ1) is 14.6. The normalized spacial score (nSPS) is 14.0. The quantitative estimate of drug-likeness (QED) is 0.805. The third-order valence-corrected chi connectivity index (χ3v) is 5.77. The predicted molar refractivity (Wildman–Crippen MR) is 81.4 cm³/mol. The van der Waals surface area contributed by atoms with Crippen LogP contribution in [0.5, 0.6) is 0 Å². The Morgan fingerprint density at radius 2 is 1.91 bits per heavy atom. The highest BCUT2D eigenvalue weighted by Gasteiger charge is 2.33. The number of carbonyl (C=O) groups excluding carboxylic acids is 1. The number of aromatic nitrogens is 1.